The minimum atomic E-state index is -0.686. The molecule has 1 amide bonds. The molecule has 0 unspecified atom stereocenters. The van der Waals surface area contributed by atoms with Crippen molar-refractivity contribution in [1.82, 2.24) is 15.1 Å². The number of anilines is 1. The quantitative estimate of drug-likeness (QED) is 0.811. The Balaban J connectivity index is 1.76. The van der Waals surface area contributed by atoms with E-state index in [1.54, 1.807) is 23.0 Å². The molecule has 1 aliphatic rings. The van der Waals surface area contributed by atoms with E-state index < -0.39 is 5.54 Å². The molecule has 1 saturated heterocycles. The molecule has 1 aromatic carbocycles. The lowest BCUT2D eigenvalue weighted by molar-refractivity contribution is -0.126. The summed E-state index contributed by atoms with van der Waals surface area (Å²) in [5.41, 5.74) is -0.0319. The van der Waals surface area contributed by atoms with Crippen LogP contribution in [-0.4, -0.2) is 35.4 Å². The number of halogens is 1. The van der Waals surface area contributed by atoms with Gasteiger partial charge in [0.25, 0.3) is 5.91 Å². The molecule has 3 rings (SSSR count). The van der Waals surface area contributed by atoms with Crippen LogP contribution in [0.25, 0.3) is 0 Å². The zero-order chi connectivity index (χ0) is 18.6. The van der Waals surface area contributed by atoms with Crippen molar-refractivity contribution in [3.05, 3.63) is 41.7 Å². The molecule has 1 aromatic heterocycles. The van der Waals surface area contributed by atoms with Crippen molar-refractivity contribution in [1.29, 1.82) is 0 Å². The van der Waals surface area contributed by atoms with Gasteiger partial charge >= 0.3 is 0 Å². The Morgan fingerprint density at radius 1 is 1.42 bits per heavy atom. The normalized spacial score (nSPS) is 16.5. The molecule has 26 heavy (non-hydrogen) atoms. The van der Waals surface area contributed by atoms with Gasteiger partial charge in [-0.15, -0.1) is 0 Å². The standard InChI is InChI=1S/C19H25ClN4O2/c1-14(2)13-26-17-5-4-15(12-16(17)20)23-18(25)19(6-9-21-10-7-19)24-11-3-8-22-24/h3-5,8,11-12,14,21H,6-7,9-10,13H2,1-2H3,(H,23,25). The second-order valence-electron chi connectivity index (χ2n) is 7.04. The first-order valence-corrected chi connectivity index (χ1v) is 9.34. The number of carbonyl (C=O) groups is 1. The lowest BCUT2D eigenvalue weighted by atomic mass is 9.87. The van der Waals surface area contributed by atoms with Crippen LogP contribution in [-0.2, 0) is 10.3 Å². The van der Waals surface area contributed by atoms with Crippen LogP contribution in [0.2, 0.25) is 5.02 Å². The summed E-state index contributed by atoms with van der Waals surface area (Å²) in [7, 11) is 0. The van der Waals surface area contributed by atoms with Crippen LogP contribution in [0.5, 0.6) is 5.75 Å². The zero-order valence-corrected chi connectivity index (χ0v) is 15.9. The van der Waals surface area contributed by atoms with E-state index in [-0.39, 0.29) is 5.91 Å². The molecule has 140 valence electrons. The number of rotatable bonds is 6. The highest BCUT2D eigenvalue weighted by atomic mass is 35.5. The van der Waals surface area contributed by atoms with Crippen molar-refractivity contribution < 1.29 is 9.53 Å². The number of benzene rings is 1. The summed E-state index contributed by atoms with van der Waals surface area (Å²) in [4.78, 5) is 13.1. The smallest absolute Gasteiger partial charge is 0.252 e. The number of nitrogens with one attached hydrogen (secondary N) is 2. The van der Waals surface area contributed by atoms with Crippen LogP contribution >= 0.6 is 11.6 Å². The molecule has 6 nitrogen and oxygen atoms in total. The molecule has 2 heterocycles. The summed E-state index contributed by atoms with van der Waals surface area (Å²) in [6, 6.07) is 7.18. The van der Waals surface area contributed by atoms with Gasteiger partial charge in [0.2, 0.25) is 0 Å². The fraction of sp³-hybridized carbons (Fsp3) is 0.474. The number of ether oxygens (including phenoxy) is 1. The molecule has 7 heteroatoms. The molecule has 0 bridgehead atoms. The third-order valence-electron chi connectivity index (χ3n) is 4.56. The SMILES string of the molecule is CC(C)COc1ccc(NC(=O)C2(n3cccn3)CCNCC2)cc1Cl. The molecular formula is C19H25ClN4O2. The molecule has 2 N–H and O–H groups in total. The first kappa shape index (κ1) is 18.7. The average molecular weight is 377 g/mol. The van der Waals surface area contributed by atoms with E-state index in [0.717, 1.165) is 13.1 Å². The molecular weight excluding hydrogens is 352 g/mol. The Labute approximate surface area is 158 Å². The Morgan fingerprint density at radius 3 is 2.81 bits per heavy atom. The molecule has 0 aliphatic carbocycles. The summed E-state index contributed by atoms with van der Waals surface area (Å²) in [6.07, 6.45) is 4.92. The number of aromatic nitrogens is 2. The van der Waals surface area contributed by atoms with Gasteiger partial charge in [-0.25, -0.2) is 0 Å². The fourth-order valence-electron chi connectivity index (χ4n) is 3.12. The van der Waals surface area contributed by atoms with Gasteiger partial charge in [0, 0.05) is 18.1 Å². The van der Waals surface area contributed by atoms with Crippen LogP contribution in [0.1, 0.15) is 26.7 Å². The number of amides is 1. The van der Waals surface area contributed by atoms with Gasteiger partial charge in [0.1, 0.15) is 11.3 Å². The average Bonchev–Trinajstić information content (AvgIpc) is 3.16. The van der Waals surface area contributed by atoms with E-state index in [1.807, 2.05) is 18.3 Å². The Kier molecular flexibility index (Phi) is 5.84. The molecule has 1 aliphatic heterocycles. The van der Waals surface area contributed by atoms with Crippen molar-refractivity contribution in [2.45, 2.75) is 32.2 Å². The van der Waals surface area contributed by atoms with Crippen LogP contribution < -0.4 is 15.4 Å². The predicted molar refractivity (Wildman–Crippen MR) is 103 cm³/mol. The minimum Gasteiger partial charge on any atom is -0.492 e. The Morgan fingerprint density at radius 2 is 2.19 bits per heavy atom. The van der Waals surface area contributed by atoms with Gasteiger partial charge in [-0.05, 0) is 56.1 Å². The maximum absolute atomic E-state index is 13.1. The van der Waals surface area contributed by atoms with Crippen molar-refractivity contribution >= 4 is 23.2 Å². The Bertz CT molecular complexity index is 740. The van der Waals surface area contributed by atoms with Crippen LogP contribution in [0.4, 0.5) is 5.69 Å². The highest BCUT2D eigenvalue weighted by Gasteiger charge is 2.42. The number of nitrogens with zero attached hydrogens (tertiary/aromatic N) is 2. The summed E-state index contributed by atoms with van der Waals surface area (Å²) in [5.74, 6) is 0.968. The third-order valence-corrected chi connectivity index (χ3v) is 4.85. The first-order chi connectivity index (χ1) is 12.5. The second-order valence-corrected chi connectivity index (χ2v) is 7.44. The van der Waals surface area contributed by atoms with Gasteiger partial charge in [-0.3, -0.25) is 9.48 Å². The topological polar surface area (TPSA) is 68.2 Å². The van der Waals surface area contributed by atoms with E-state index in [0.29, 0.717) is 41.8 Å². The predicted octanol–water partition coefficient (Wildman–Crippen LogP) is 3.29. The monoisotopic (exact) mass is 376 g/mol. The lowest BCUT2D eigenvalue weighted by Gasteiger charge is -2.36. The molecule has 0 atom stereocenters. The van der Waals surface area contributed by atoms with Gasteiger partial charge in [0.15, 0.2) is 0 Å². The first-order valence-electron chi connectivity index (χ1n) is 8.96. The van der Waals surface area contributed by atoms with Crippen LogP contribution in [0.3, 0.4) is 0 Å². The summed E-state index contributed by atoms with van der Waals surface area (Å²) in [6.45, 7) is 6.30. The van der Waals surface area contributed by atoms with E-state index in [2.05, 4.69) is 29.6 Å². The molecule has 0 radical (unpaired) electrons. The van der Waals surface area contributed by atoms with Gasteiger partial charge in [-0.1, -0.05) is 25.4 Å². The number of piperidine rings is 1. The Hall–Kier alpha value is -2.05. The van der Waals surface area contributed by atoms with Gasteiger partial charge < -0.3 is 15.4 Å². The fourth-order valence-corrected chi connectivity index (χ4v) is 3.36. The molecule has 0 saturated carbocycles. The van der Waals surface area contributed by atoms with Gasteiger partial charge in [-0.2, -0.15) is 5.10 Å². The molecule has 0 spiro atoms. The number of hydrogen-bond donors (Lipinski definition) is 2. The summed E-state index contributed by atoms with van der Waals surface area (Å²) < 4.78 is 7.45. The molecule has 2 aromatic rings. The van der Waals surface area contributed by atoms with Crippen molar-refractivity contribution in [3.8, 4) is 5.75 Å². The largest absolute Gasteiger partial charge is 0.492 e. The number of hydrogen-bond acceptors (Lipinski definition) is 4. The summed E-state index contributed by atoms with van der Waals surface area (Å²) in [5, 5.41) is 11.1. The zero-order valence-electron chi connectivity index (χ0n) is 15.2. The van der Waals surface area contributed by atoms with E-state index in [9.17, 15) is 4.79 Å². The summed E-state index contributed by atoms with van der Waals surface area (Å²) >= 11 is 6.31. The molecule has 1 fully saturated rings. The minimum absolute atomic E-state index is 0.0744. The van der Waals surface area contributed by atoms with Crippen LogP contribution in [0.15, 0.2) is 36.7 Å². The van der Waals surface area contributed by atoms with Crippen molar-refractivity contribution in [2.75, 3.05) is 25.0 Å². The van der Waals surface area contributed by atoms with Crippen molar-refractivity contribution in [2.24, 2.45) is 5.92 Å². The third kappa shape index (κ3) is 4.02. The van der Waals surface area contributed by atoms with Gasteiger partial charge in [0.05, 0.1) is 11.6 Å². The van der Waals surface area contributed by atoms with Crippen LogP contribution in [0, 0.1) is 5.92 Å². The van der Waals surface area contributed by atoms with E-state index in [1.165, 1.54) is 0 Å². The highest BCUT2D eigenvalue weighted by Crippen LogP contribution is 2.31. The van der Waals surface area contributed by atoms with E-state index >= 15 is 0 Å². The maximum Gasteiger partial charge on any atom is 0.252 e. The second kappa shape index (κ2) is 8.10. The van der Waals surface area contributed by atoms with Crippen molar-refractivity contribution in [3.63, 3.8) is 0 Å². The highest BCUT2D eigenvalue weighted by molar-refractivity contribution is 6.32. The lowest BCUT2D eigenvalue weighted by Crippen LogP contribution is -2.52. The number of carbonyl (C=O) groups excluding carboxylic acids is 1. The maximum atomic E-state index is 13.1. The van der Waals surface area contributed by atoms with E-state index in [4.69, 9.17) is 16.3 Å².